The van der Waals surface area contributed by atoms with Crippen molar-refractivity contribution in [2.45, 2.75) is 56.5 Å². The number of sulfonamides is 1. The molecule has 0 aromatic heterocycles. The van der Waals surface area contributed by atoms with Crippen LogP contribution in [0.5, 0.6) is 0 Å². The molecule has 7 nitrogen and oxygen atoms in total. The molecule has 1 saturated carbocycles. The zero-order valence-corrected chi connectivity index (χ0v) is 19.6. The van der Waals surface area contributed by atoms with Crippen molar-refractivity contribution in [1.82, 2.24) is 9.62 Å². The summed E-state index contributed by atoms with van der Waals surface area (Å²) in [5.74, 6) is -0.278. The van der Waals surface area contributed by atoms with Crippen molar-refractivity contribution in [1.29, 1.82) is 0 Å². The van der Waals surface area contributed by atoms with E-state index in [0.717, 1.165) is 31.2 Å². The van der Waals surface area contributed by atoms with Crippen molar-refractivity contribution >= 4 is 21.9 Å². The number of carbonyl (C=O) groups is 2. The van der Waals surface area contributed by atoms with Crippen molar-refractivity contribution in [2.24, 2.45) is 5.92 Å². The maximum absolute atomic E-state index is 13.1. The van der Waals surface area contributed by atoms with E-state index in [1.807, 2.05) is 24.3 Å². The number of esters is 1. The predicted molar refractivity (Wildman–Crippen MR) is 124 cm³/mol. The van der Waals surface area contributed by atoms with Crippen LogP contribution in [0.3, 0.4) is 0 Å². The largest absolute Gasteiger partial charge is 0.452 e. The third-order valence-corrected chi connectivity index (χ3v) is 8.40. The van der Waals surface area contributed by atoms with Crippen LogP contribution in [0.4, 0.5) is 0 Å². The number of fused-ring (bicyclic) bond motifs is 1. The lowest BCUT2D eigenvalue weighted by atomic mass is 9.87. The van der Waals surface area contributed by atoms with Gasteiger partial charge in [-0.2, -0.15) is 4.31 Å². The highest BCUT2D eigenvalue weighted by atomic mass is 32.2. The maximum atomic E-state index is 13.1. The van der Waals surface area contributed by atoms with Crippen LogP contribution in [0.15, 0.2) is 53.4 Å². The third-order valence-electron chi connectivity index (χ3n) is 6.54. The van der Waals surface area contributed by atoms with Crippen LogP contribution in [-0.2, 0) is 32.5 Å². The minimum absolute atomic E-state index is 0.128. The van der Waals surface area contributed by atoms with E-state index in [4.69, 9.17) is 4.74 Å². The van der Waals surface area contributed by atoms with E-state index in [1.54, 1.807) is 0 Å². The normalized spacial score (nSPS) is 21.1. The van der Waals surface area contributed by atoms with E-state index in [2.05, 4.69) is 12.2 Å². The number of ether oxygens (including phenoxy) is 1. The Balaban J connectivity index is 1.32. The summed E-state index contributed by atoms with van der Waals surface area (Å²) in [5, 5.41) is 2.92. The SMILES string of the molecule is CC1CCC(NC(=O)COC(=O)c2ccc(S(=O)(=O)N3CCc4ccccc4C3)cc2)CC1. The molecule has 8 heteroatoms. The van der Waals surface area contributed by atoms with Crippen LogP contribution >= 0.6 is 0 Å². The molecule has 4 rings (SSSR count). The zero-order valence-electron chi connectivity index (χ0n) is 18.8. The molecule has 176 valence electrons. The Bertz CT molecular complexity index is 1110. The number of amides is 1. The van der Waals surface area contributed by atoms with E-state index >= 15 is 0 Å². The van der Waals surface area contributed by atoms with Crippen molar-refractivity contribution in [3.8, 4) is 0 Å². The molecule has 1 heterocycles. The molecule has 1 amide bonds. The second-order valence-corrected chi connectivity index (χ2v) is 10.9. The summed E-state index contributed by atoms with van der Waals surface area (Å²) >= 11 is 0. The molecule has 0 unspecified atom stereocenters. The van der Waals surface area contributed by atoms with Gasteiger partial charge in [-0.15, -0.1) is 0 Å². The minimum atomic E-state index is -3.68. The van der Waals surface area contributed by atoms with Gasteiger partial charge in [0.2, 0.25) is 10.0 Å². The van der Waals surface area contributed by atoms with Gasteiger partial charge in [-0.3, -0.25) is 4.79 Å². The Labute approximate surface area is 195 Å². The molecule has 0 atom stereocenters. The first-order valence-electron chi connectivity index (χ1n) is 11.5. The Morgan fingerprint density at radius 1 is 1.00 bits per heavy atom. The van der Waals surface area contributed by atoms with Gasteiger partial charge < -0.3 is 10.1 Å². The summed E-state index contributed by atoms with van der Waals surface area (Å²) in [5.41, 5.74) is 2.38. The number of hydrogen-bond donors (Lipinski definition) is 1. The number of nitrogens with zero attached hydrogens (tertiary/aromatic N) is 1. The first kappa shape index (κ1) is 23.4. The standard InChI is InChI=1S/C25H30N2O5S/c1-18-6-10-22(11-7-18)26-24(28)17-32-25(29)20-8-12-23(13-9-20)33(30,31)27-15-14-19-4-2-3-5-21(19)16-27/h2-5,8-9,12-13,18,22H,6-7,10-11,14-17H2,1H3,(H,26,28). The number of rotatable bonds is 6. The summed E-state index contributed by atoms with van der Waals surface area (Å²) in [6.07, 6.45) is 4.73. The van der Waals surface area contributed by atoms with Crippen LogP contribution in [0.1, 0.15) is 54.1 Å². The van der Waals surface area contributed by atoms with Crippen LogP contribution in [-0.4, -0.2) is 43.8 Å². The second kappa shape index (κ2) is 10.1. The second-order valence-electron chi connectivity index (χ2n) is 8.98. The molecule has 0 spiro atoms. The van der Waals surface area contributed by atoms with E-state index in [9.17, 15) is 18.0 Å². The Hall–Kier alpha value is -2.71. The molecule has 1 aliphatic carbocycles. The molecule has 1 aliphatic heterocycles. The molecule has 1 fully saturated rings. The predicted octanol–water partition coefficient (Wildman–Crippen LogP) is 3.29. The quantitative estimate of drug-likeness (QED) is 0.654. The van der Waals surface area contributed by atoms with E-state index in [0.29, 0.717) is 25.4 Å². The fraction of sp³-hybridized carbons (Fsp3) is 0.440. The molecule has 2 aliphatic rings. The monoisotopic (exact) mass is 470 g/mol. The van der Waals surface area contributed by atoms with Gasteiger partial charge in [0.15, 0.2) is 6.61 Å². The maximum Gasteiger partial charge on any atom is 0.338 e. The van der Waals surface area contributed by atoms with Gasteiger partial charge in [0.25, 0.3) is 5.91 Å². The number of benzene rings is 2. The van der Waals surface area contributed by atoms with Crippen molar-refractivity contribution in [3.63, 3.8) is 0 Å². The molecule has 0 saturated heterocycles. The van der Waals surface area contributed by atoms with E-state index in [1.165, 1.54) is 34.1 Å². The highest BCUT2D eigenvalue weighted by Gasteiger charge is 2.28. The molecule has 0 bridgehead atoms. The molecule has 0 radical (unpaired) electrons. The highest BCUT2D eigenvalue weighted by Crippen LogP contribution is 2.25. The van der Waals surface area contributed by atoms with Gasteiger partial charge in [-0.05, 0) is 73.4 Å². The topological polar surface area (TPSA) is 92.8 Å². The van der Waals surface area contributed by atoms with Crippen molar-refractivity contribution in [3.05, 3.63) is 65.2 Å². The molecular weight excluding hydrogens is 440 g/mol. The first-order valence-corrected chi connectivity index (χ1v) is 12.9. The van der Waals surface area contributed by atoms with Gasteiger partial charge >= 0.3 is 5.97 Å². The fourth-order valence-electron chi connectivity index (χ4n) is 4.48. The summed E-state index contributed by atoms with van der Waals surface area (Å²) in [4.78, 5) is 24.6. The smallest absolute Gasteiger partial charge is 0.338 e. The Morgan fingerprint density at radius 2 is 1.67 bits per heavy atom. The molecule has 1 N–H and O–H groups in total. The van der Waals surface area contributed by atoms with Crippen LogP contribution in [0.2, 0.25) is 0 Å². The lowest BCUT2D eigenvalue weighted by molar-refractivity contribution is -0.125. The van der Waals surface area contributed by atoms with Crippen LogP contribution < -0.4 is 5.32 Å². The summed E-state index contributed by atoms with van der Waals surface area (Å²) < 4.78 is 32.7. The molecule has 2 aromatic carbocycles. The van der Waals surface area contributed by atoms with Gasteiger partial charge in [0, 0.05) is 19.1 Å². The summed E-state index contributed by atoms with van der Waals surface area (Å²) in [7, 11) is -3.68. The Kier molecular flexibility index (Phi) is 7.14. The number of carbonyl (C=O) groups excluding carboxylic acids is 2. The van der Waals surface area contributed by atoms with Crippen molar-refractivity contribution in [2.75, 3.05) is 13.2 Å². The lowest BCUT2D eigenvalue weighted by Crippen LogP contribution is -2.39. The highest BCUT2D eigenvalue weighted by molar-refractivity contribution is 7.89. The van der Waals surface area contributed by atoms with E-state index < -0.39 is 16.0 Å². The third kappa shape index (κ3) is 5.62. The fourth-order valence-corrected chi connectivity index (χ4v) is 5.89. The minimum Gasteiger partial charge on any atom is -0.452 e. The number of hydrogen-bond acceptors (Lipinski definition) is 5. The van der Waals surface area contributed by atoms with Gasteiger partial charge in [0.1, 0.15) is 0 Å². The van der Waals surface area contributed by atoms with Gasteiger partial charge in [0.05, 0.1) is 10.5 Å². The summed E-state index contributed by atoms with van der Waals surface area (Å²) in [6.45, 7) is 2.61. The molecule has 33 heavy (non-hydrogen) atoms. The van der Waals surface area contributed by atoms with Gasteiger partial charge in [-0.1, -0.05) is 31.2 Å². The lowest BCUT2D eigenvalue weighted by Gasteiger charge is -2.28. The van der Waals surface area contributed by atoms with E-state index in [-0.39, 0.29) is 29.0 Å². The Morgan fingerprint density at radius 3 is 2.36 bits per heavy atom. The van der Waals surface area contributed by atoms with Crippen molar-refractivity contribution < 1.29 is 22.7 Å². The average molecular weight is 471 g/mol. The first-order chi connectivity index (χ1) is 15.8. The zero-order chi connectivity index (χ0) is 23.4. The molecule has 2 aromatic rings. The summed E-state index contributed by atoms with van der Waals surface area (Å²) in [6, 6.07) is 13.6. The van der Waals surface area contributed by atoms with Gasteiger partial charge in [-0.25, -0.2) is 13.2 Å². The van der Waals surface area contributed by atoms with Crippen LogP contribution in [0.25, 0.3) is 0 Å². The number of nitrogens with one attached hydrogen (secondary N) is 1. The van der Waals surface area contributed by atoms with Crippen LogP contribution in [0, 0.1) is 5.92 Å². The molecular formula is C25H30N2O5S. The average Bonchev–Trinajstić information content (AvgIpc) is 2.83.